The molecule has 0 radical (unpaired) electrons. The topological polar surface area (TPSA) is 111 Å². The molecule has 0 fully saturated rings. The van der Waals surface area contributed by atoms with Crippen molar-refractivity contribution in [2.45, 2.75) is 193 Å². The lowest BCUT2D eigenvalue weighted by Gasteiger charge is -2.26. The highest BCUT2D eigenvalue weighted by atomic mass is 16.7. The van der Waals surface area contributed by atoms with Crippen molar-refractivity contribution >= 4 is 17.9 Å². The van der Waals surface area contributed by atoms with Crippen LogP contribution in [-0.4, -0.2) is 82.3 Å². The molecule has 9 heteroatoms. The second kappa shape index (κ2) is 53.5. The Kier molecular flexibility index (Phi) is 49.9. The number of esters is 2. The third-order valence-electron chi connectivity index (χ3n) is 11.1. The van der Waals surface area contributed by atoms with E-state index in [0.29, 0.717) is 23.9 Å². The molecule has 0 heterocycles. The van der Waals surface area contributed by atoms with Gasteiger partial charge in [-0.15, -0.1) is 0 Å². The third-order valence-corrected chi connectivity index (χ3v) is 11.1. The van der Waals surface area contributed by atoms with Gasteiger partial charge in [0.25, 0.3) is 0 Å². The number of likely N-dealkylation sites (N-methyl/N-ethyl adjacent to an activating group) is 1. The number of carbonyl (C=O) groups excluding carboxylic acids is 3. The first kappa shape index (κ1) is 68.2. The maximum Gasteiger partial charge on any atom is 0.306 e. The van der Waals surface area contributed by atoms with Gasteiger partial charge in [0.05, 0.1) is 40.3 Å². The van der Waals surface area contributed by atoms with E-state index in [2.05, 4.69) is 160 Å². The summed E-state index contributed by atoms with van der Waals surface area (Å²) in [6.45, 7) is 4.43. The minimum atomic E-state index is -1.64. The van der Waals surface area contributed by atoms with Crippen LogP contribution in [-0.2, 0) is 33.3 Å². The molecular formula is C64H101NO8. The van der Waals surface area contributed by atoms with Crippen LogP contribution in [0.5, 0.6) is 0 Å². The zero-order valence-corrected chi connectivity index (χ0v) is 46.4. The first-order valence-electron chi connectivity index (χ1n) is 28.0. The van der Waals surface area contributed by atoms with Crippen LogP contribution < -0.4 is 5.11 Å². The Morgan fingerprint density at radius 1 is 0.411 bits per heavy atom. The number of unbranched alkanes of at least 4 members (excludes halogenated alkanes) is 10. The quantitative estimate of drug-likeness (QED) is 0.0195. The van der Waals surface area contributed by atoms with Crippen molar-refractivity contribution in [2.75, 3.05) is 47.5 Å². The minimum absolute atomic E-state index is 0.129. The molecule has 0 aromatic carbocycles. The summed E-state index contributed by atoms with van der Waals surface area (Å²) in [5.74, 6) is -2.38. The second-order valence-electron chi connectivity index (χ2n) is 19.1. The van der Waals surface area contributed by atoms with Crippen LogP contribution in [0.15, 0.2) is 146 Å². The monoisotopic (exact) mass is 1010 g/mol. The fourth-order valence-corrected chi connectivity index (χ4v) is 6.83. The van der Waals surface area contributed by atoms with E-state index < -0.39 is 30.3 Å². The summed E-state index contributed by atoms with van der Waals surface area (Å²) >= 11 is 0. The van der Waals surface area contributed by atoms with Gasteiger partial charge in [-0.25, -0.2) is 0 Å². The number of carboxylic acids is 1. The van der Waals surface area contributed by atoms with Crippen molar-refractivity contribution in [1.82, 2.24) is 0 Å². The van der Waals surface area contributed by atoms with Crippen LogP contribution in [0.1, 0.15) is 181 Å². The number of nitrogens with zero attached hydrogens (tertiary/aromatic N) is 1. The fourth-order valence-electron chi connectivity index (χ4n) is 6.83. The molecule has 2 atom stereocenters. The van der Waals surface area contributed by atoms with Gasteiger partial charge in [0, 0.05) is 12.8 Å². The number of ether oxygens (including phenoxy) is 4. The SMILES string of the molecule is CC/C=C\C/C=C\C/C=C\C/C=C\C/C=C\C/C=C\CCCCCCCCCCC(=O)OC(COC(=O)CCCC/C=C\C/C=C\C/C=C\C/C=C\C/C=C\C/C=C\CC)COC(OCC[N+](C)(C)C)C(=O)[O-]. The van der Waals surface area contributed by atoms with Gasteiger partial charge in [0.1, 0.15) is 13.2 Å². The highest BCUT2D eigenvalue weighted by molar-refractivity contribution is 5.70. The lowest BCUT2D eigenvalue weighted by atomic mass is 10.1. The van der Waals surface area contributed by atoms with Gasteiger partial charge in [0.15, 0.2) is 12.4 Å². The number of rotatable bonds is 49. The molecule has 0 aromatic rings. The highest BCUT2D eigenvalue weighted by Crippen LogP contribution is 2.13. The Labute approximate surface area is 445 Å². The third kappa shape index (κ3) is 54.8. The summed E-state index contributed by atoms with van der Waals surface area (Å²) in [6, 6.07) is 0. The lowest BCUT2D eigenvalue weighted by molar-refractivity contribution is -0.870. The van der Waals surface area contributed by atoms with Crippen molar-refractivity contribution < 1.29 is 42.9 Å². The number of carboxylic acid groups (broad SMARTS) is 1. The maximum atomic E-state index is 12.9. The van der Waals surface area contributed by atoms with Crippen molar-refractivity contribution in [1.29, 1.82) is 0 Å². The zero-order chi connectivity index (χ0) is 53.4. The molecule has 0 amide bonds. The molecular weight excluding hydrogens is 911 g/mol. The van der Waals surface area contributed by atoms with E-state index in [0.717, 1.165) is 116 Å². The Balaban J connectivity index is 4.41. The zero-order valence-electron chi connectivity index (χ0n) is 46.4. The summed E-state index contributed by atoms with van der Waals surface area (Å²) in [7, 11) is 5.89. The number of aliphatic carboxylic acids is 1. The van der Waals surface area contributed by atoms with Crippen LogP contribution in [0.3, 0.4) is 0 Å². The first-order chi connectivity index (χ1) is 35.6. The van der Waals surface area contributed by atoms with Gasteiger partial charge >= 0.3 is 11.9 Å². The van der Waals surface area contributed by atoms with Gasteiger partial charge in [0.2, 0.25) is 0 Å². The number of carbonyl (C=O) groups is 3. The number of hydrogen-bond donors (Lipinski definition) is 0. The molecule has 73 heavy (non-hydrogen) atoms. The summed E-state index contributed by atoms with van der Waals surface area (Å²) in [5, 5.41) is 11.8. The van der Waals surface area contributed by atoms with Gasteiger partial charge in [-0.3, -0.25) is 9.59 Å². The normalized spacial score (nSPS) is 13.9. The second-order valence-corrected chi connectivity index (χ2v) is 19.1. The van der Waals surface area contributed by atoms with E-state index in [1.54, 1.807) is 0 Å². The summed E-state index contributed by atoms with van der Waals surface area (Å²) in [4.78, 5) is 37.3. The molecule has 0 aliphatic carbocycles. The summed E-state index contributed by atoms with van der Waals surface area (Å²) in [5.41, 5.74) is 0. The average molecular weight is 1010 g/mol. The van der Waals surface area contributed by atoms with Gasteiger partial charge in [-0.1, -0.05) is 198 Å². The van der Waals surface area contributed by atoms with Crippen LogP contribution in [0.2, 0.25) is 0 Å². The van der Waals surface area contributed by atoms with Crippen molar-refractivity contribution in [3.8, 4) is 0 Å². The number of allylic oxidation sites excluding steroid dienone is 24. The molecule has 9 nitrogen and oxygen atoms in total. The molecule has 0 N–H and O–H groups in total. The van der Waals surface area contributed by atoms with Crippen molar-refractivity contribution in [3.05, 3.63) is 146 Å². The maximum absolute atomic E-state index is 12.9. The molecule has 0 bridgehead atoms. The smallest absolute Gasteiger partial charge is 0.306 e. The van der Waals surface area contributed by atoms with E-state index in [-0.39, 0.29) is 32.7 Å². The van der Waals surface area contributed by atoms with E-state index >= 15 is 0 Å². The van der Waals surface area contributed by atoms with E-state index in [1.165, 1.54) is 25.7 Å². The summed E-state index contributed by atoms with van der Waals surface area (Å²) in [6.07, 6.45) is 74.6. The van der Waals surface area contributed by atoms with Crippen LogP contribution in [0.4, 0.5) is 0 Å². The standard InChI is InChI=1S/C64H101NO8/c1-6-8-10-12-14-16-18-20-22-24-26-28-29-30-31-32-33-35-37-39-41-43-45-47-49-51-53-55-62(67)73-60(59-72-64(63(68)69)70-57-56-65(3,4)5)58-71-61(66)54-52-50-48-46-44-42-40-38-36-34-27-25-23-21-19-17-15-13-11-9-7-2/h8-11,14-17,20-23,26-28,30-31,33-35,38,40,44,46,60,64H,6-7,12-13,18-19,24-25,29,32,36-37,39,41-43,45,47-59H2,1-5H3/b10-8-,11-9-,16-14-,17-15-,22-20-,23-21-,28-26-,31-30-,34-27-,35-33-,40-38-,46-44-. The number of quaternary nitrogens is 1. The van der Waals surface area contributed by atoms with E-state index in [9.17, 15) is 19.5 Å². The van der Waals surface area contributed by atoms with Crippen molar-refractivity contribution in [2.24, 2.45) is 0 Å². The predicted molar refractivity (Wildman–Crippen MR) is 306 cm³/mol. The fraction of sp³-hybridized carbons (Fsp3) is 0.578. The van der Waals surface area contributed by atoms with E-state index in [4.69, 9.17) is 18.9 Å². The largest absolute Gasteiger partial charge is 0.545 e. The molecule has 0 saturated heterocycles. The molecule has 0 rings (SSSR count). The van der Waals surface area contributed by atoms with Crippen LogP contribution in [0, 0.1) is 0 Å². The Morgan fingerprint density at radius 3 is 1.12 bits per heavy atom. The Bertz CT molecular complexity index is 1700. The Hall–Kier alpha value is -4.83. The molecule has 0 aliphatic heterocycles. The van der Waals surface area contributed by atoms with Gasteiger partial charge in [-0.2, -0.15) is 0 Å². The Morgan fingerprint density at radius 2 is 0.740 bits per heavy atom. The number of hydrogen-bond acceptors (Lipinski definition) is 8. The van der Waals surface area contributed by atoms with Gasteiger partial charge < -0.3 is 33.3 Å². The van der Waals surface area contributed by atoms with Crippen molar-refractivity contribution in [3.63, 3.8) is 0 Å². The lowest BCUT2D eigenvalue weighted by Crippen LogP contribution is -2.44. The van der Waals surface area contributed by atoms with Crippen LogP contribution >= 0.6 is 0 Å². The molecule has 0 spiro atoms. The molecule has 410 valence electrons. The van der Waals surface area contributed by atoms with Crippen LogP contribution in [0.25, 0.3) is 0 Å². The minimum Gasteiger partial charge on any atom is -0.545 e. The molecule has 0 aromatic heterocycles. The summed E-state index contributed by atoms with van der Waals surface area (Å²) < 4.78 is 22.6. The highest BCUT2D eigenvalue weighted by Gasteiger charge is 2.21. The average Bonchev–Trinajstić information content (AvgIpc) is 3.36. The predicted octanol–water partition coefficient (Wildman–Crippen LogP) is 15.1. The first-order valence-corrected chi connectivity index (χ1v) is 28.0. The van der Waals surface area contributed by atoms with E-state index in [1.807, 2.05) is 21.1 Å². The molecule has 0 aliphatic rings. The molecule has 2 unspecified atom stereocenters. The molecule has 0 saturated carbocycles. The van der Waals surface area contributed by atoms with Gasteiger partial charge in [-0.05, 0) is 116 Å².